The quantitative estimate of drug-likeness (QED) is 0.883. The van der Waals surface area contributed by atoms with E-state index in [9.17, 15) is 9.59 Å². The number of morpholine rings is 1. The molecule has 7 heteroatoms. The lowest BCUT2D eigenvalue weighted by molar-refractivity contribution is 0.0302. The molecular weight excluding hydrogens is 360 g/mol. The van der Waals surface area contributed by atoms with Crippen molar-refractivity contribution in [1.82, 2.24) is 4.90 Å². The summed E-state index contributed by atoms with van der Waals surface area (Å²) in [5, 5.41) is 2.90. The van der Waals surface area contributed by atoms with E-state index in [4.69, 9.17) is 14.2 Å². The summed E-state index contributed by atoms with van der Waals surface area (Å²) in [6.07, 6.45) is 0. The summed E-state index contributed by atoms with van der Waals surface area (Å²) in [5.74, 6) is 0.885. The van der Waals surface area contributed by atoms with E-state index in [0.717, 1.165) is 5.56 Å². The molecule has 2 amide bonds. The van der Waals surface area contributed by atoms with Crippen molar-refractivity contribution in [2.24, 2.45) is 0 Å². The van der Waals surface area contributed by atoms with E-state index in [-0.39, 0.29) is 11.8 Å². The monoisotopic (exact) mass is 382 g/mol. The number of benzene rings is 2. The fourth-order valence-electron chi connectivity index (χ4n) is 3.32. The summed E-state index contributed by atoms with van der Waals surface area (Å²) < 4.78 is 16.3. The second kappa shape index (κ2) is 7.90. The van der Waals surface area contributed by atoms with Crippen molar-refractivity contribution in [3.05, 3.63) is 53.1 Å². The number of nitrogens with zero attached hydrogens (tertiary/aromatic N) is 1. The molecule has 1 N–H and O–H groups in total. The Morgan fingerprint density at radius 1 is 0.964 bits per heavy atom. The van der Waals surface area contributed by atoms with Crippen LogP contribution in [0.25, 0.3) is 0 Å². The van der Waals surface area contributed by atoms with Crippen LogP contribution in [0, 0.1) is 6.92 Å². The van der Waals surface area contributed by atoms with Crippen LogP contribution in [-0.2, 0) is 4.74 Å². The largest absolute Gasteiger partial charge is 0.486 e. The molecule has 0 bridgehead atoms. The summed E-state index contributed by atoms with van der Waals surface area (Å²) in [5.41, 5.74) is 2.40. The fourth-order valence-corrected chi connectivity index (χ4v) is 3.32. The zero-order chi connectivity index (χ0) is 19.5. The highest BCUT2D eigenvalue weighted by atomic mass is 16.6. The zero-order valence-corrected chi connectivity index (χ0v) is 15.7. The van der Waals surface area contributed by atoms with Gasteiger partial charge in [0.2, 0.25) is 0 Å². The summed E-state index contributed by atoms with van der Waals surface area (Å²) in [6, 6.07) is 10.5. The molecule has 2 aromatic rings. The first-order chi connectivity index (χ1) is 13.6. The van der Waals surface area contributed by atoms with Crippen LogP contribution >= 0.6 is 0 Å². The number of carbonyl (C=O) groups excluding carboxylic acids is 2. The molecule has 1 fully saturated rings. The Hall–Kier alpha value is -3.06. The molecule has 146 valence electrons. The summed E-state index contributed by atoms with van der Waals surface area (Å²) in [6.45, 7) is 5.05. The second-order valence-electron chi connectivity index (χ2n) is 6.70. The predicted molar refractivity (Wildman–Crippen MR) is 103 cm³/mol. The van der Waals surface area contributed by atoms with Crippen molar-refractivity contribution < 1.29 is 23.8 Å². The molecule has 0 aromatic heterocycles. The molecule has 2 aliphatic heterocycles. The van der Waals surface area contributed by atoms with E-state index in [1.807, 2.05) is 6.92 Å². The molecule has 0 radical (unpaired) electrons. The first kappa shape index (κ1) is 18.3. The highest BCUT2D eigenvalue weighted by molar-refractivity contribution is 6.06. The van der Waals surface area contributed by atoms with Gasteiger partial charge in [-0.1, -0.05) is 6.07 Å². The minimum atomic E-state index is -0.268. The van der Waals surface area contributed by atoms with Gasteiger partial charge in [0.25, 0.3) is 11.8 Å². The molecular formula is C21H22N2O5. The van der Waals surface area contributed by atoms with Gasteiger partial charge in [-0.15, -0.1) is 0 Å². The van der Waals surface area contributed by atoms with Crippen LogP contribution in [0.3, 0.4) is 0 Å². The van der Waals surface area contributed by atoms with Crippen LogP contribution in [-0.4, -0.2) is 56.2 Å². The number of anilines is 1. The van der Waals surface area contributed by atoms with Crippen molar-refractivity contribution in [3.8, 4) is 11.5 Å². The van der Waals surface area contributed by atoms with E-state index in [1.165, 1.54) is 0 Å². The lowest BCUT2D eigenvalue weighted by Crippen LogP contribution is -2.41. The second-order valence-corrected chi connectivity index (χ2v) is 6.70. The maximum absolute atomic E-state index is 12.8. The molecule has 7 nitrogen and oxygen atoms in total. The van der Waals surface area contributed by atoms with Crippen molar-refractivity contribution >= 4 is 17.5 Å². The SMILES string of the molecule is Cc1c(NC(=O)c2ccc3c(c2)OCCO3)cccc1C(=O)N1CCOCC1. The van der Waals surface area contributed by atoms with Gasteiger partial charge in [-0.25, -0.2) is 0 Å². The zero-order valence-electron chi connectivity index (χ0n) is 15.7. The normalized spacial score (nSPS) is 15.8. The number of ether oxygens (including phenoxy) is 3. The first-order valence-corrected chi connectivity index (χ1v) is 9.31. The summed E-state index contributed by atoms with van der Waals surface area (Å²) >= 11 is 0. The number of hydrogen-bond acceptors (Lipinski definition) is 5. The lowest BCUT2D eigenvalue weighted by Gasteiger charge is -2.27. The lowest BCUT2D eigenvalue weighted by atomic mass is 10.0. The third-order valence-electron chi connectivity index (χ3n) is 4.92. The van der Waals surface area contributed by atoms with Crippen LogP contribution in [0.4, 0.5) is 5.69 Å². The van der Waals surface area contributed by atoms with Gasteiger partial charge in [-0.05, 0) is 42.8 Å². The molecule has 2 aliphatic rings. The van der Waals surface area contributed by atoms with Crippen molar-refractivity contribution in [2.45, 2.75) is 6.92 Å². The molecule has 1 saturated heterocycles. The molecule has 0 saturated carbocycles. The molecule has 2 aromatic carbocycles. The molecule has 4 rings (SSSR count). The molecule has 0 spiro atoms. The molecule has 0 atom stereocenters. The van der Waals surface area contributed by atoms with Gasteiger partial charge < -0.3 is 24.4 Å². The van der Waals surface area contributed by atoms with Crippen LogP contribution in [0.15, 0.2) is 36.4 Å². The maximum Gasteiger partial charge on any atom is 0.255 e. The van der Waals surface area contributed by atoms with Gasteiger partial charge in [-0.2, -0.15) is 0 Å². The highest BCUT2D eigenvalue weighted by Crippen LogP contribution is 2.31. The Kier molecular flexibility index (Phi) is 5.16. The number of amides is 2. The molecule has 28 heavy (non-hydrogen) atoms. The number of hydrogen-bond donors (Lipinski definition) is 1. The van der Waals surface area contributed by atoms with Crippen LogP contribution < -0.4 is 14.8 Å². The third-order valence-corrected chi connectivity index (χ3v) is 4.92. The number of fused-ring (bicyclic) bond motifs is 1. The van der Waals surface area contributed by atoms with E-state index in [1.54, 1.807) is 41.3 Å². The standard InChI is InChI=1S/C21H22N2O5/c1-14-16(21(25)23-7-9-26-10-8-23)3-2-4-17(14)22-20(24)15-5-6-18-19(13-15)28-12-11-27-18/h2-6,13H,7-12H2,1H3,(H,22,24). The van der Waals surface area contributed by atoms with Crippen LogP contribution in [0.1, 0.15) is 26.3 Å². The maximum atomic E-state index is 12.8. The number of carbonyl (C=O) groups is 2. The Labute approximate surface area is 163 Å². The minimum absolute atomic E-state index is 0.0452. The van der Waals surface area contributed by atoms with Gasteiger partial charge in [0.15, 0.2) is 11.5 Å². The Morgan fingerprint density at radius 2 is 1.71 bits per heavy atom. The van der Waals surface area contributed by atoms with Gasteiger partial charge in [0.1, 0.15) is 13.2 Å². The minimum Gasteiger partial charge on any atom is -0.486 e. The van der Waals surface area contributed by atoms with Crippen LogP contribution in [0.2, 0.25) is 0 Å². The average molecular weight is 382 g/mol. The van der Waals surface area contributed by atoms with Gasteiger partial charge in [0.05, 0.1) is 13.2 Å². The topological polar surface area (TPSA) is 77.1 Å². The summed E-state index contributed by atoms with van der Waals surface area (Å²) in [7, 11) is 0. The first-order valence-electron chi connectivity index (χ1n) is 9.31. The Bertz CT molecular complexity index is 906. The van der Waals surface area contributed by atoms with Gasteiger partial charge >= 0.3 is 0 Å². The molecule has 0 unspecified atom stereocenters. The fraction of sp³-hybridized carbons (Fsp3) is 0.333. The van der Waals surface area contributed by atoms with Crippen molar-refractivity contribution in [1.29, 1.82) is 0 Å². The Morgan fingerprint density at radius 3 is 2.50 bits per heavy atom. The number of rotatable bonds is 3. The van der Waals surface area contributed by atoms with E-state index in [2.05, 4.69) is 5.32 Å². The summed E-state index contributed by atoms with van der Waals surface area (Å²) in [4.78, 5) is 27.3. The van der Waals surface area contributed by atoms with E-state index < -0.39 is 0 Å². The smallest absolute Gasteiger partial charge is 0.255 e. The van der Waals surface area contributed by atoms with Crippen LogP contribution in [0.5, 0.6) is 11.5 Å². The van der Waals surface area contributed by atoms with Gasteiger partial charge in [0, 0.05) is 29.9 Å². The highest BCUT2D eigenvalue weighted by Gasteiger charge is 2.22. The molecule has 0 aliphatic carbocycles. The van der Waals surface area contributed by atoms with Gasteiger partial charge in [-0.3, -0.25) is 9.59 Å². The Balaban J connectivity index is 1.53. The third kappa shape index (κ3) is 3.66. The predicted octanol–water partition coefficient (Wildman–Crippen LogP) is 2.49. The van der Waals surface area contributed by atoms with Crippen molar-refractivity contribution in [3.63, 3.8) is 0 Å². The average Bonchev–Trinajstić information content (AvgIpc) is 2.75. The van der Waals surface area contributed by atoms with E-state index >= 15 is 0 Å². The number of nitrogens with one attached hydrogen (secondary N) is 1. The molecule has 2 heterocycles. The van der Waals surface area contributed by atoms with E-state index in [0.29, 0.717) is 67.8 Å². The van der Waals surface area contributed by atoms with Crippen molar-refractivity contribution in [2.75, 3.05) is 44.8 Å².